The molecule has 2 aromatic carbocycles. The highest BCUT2D eigenvalue weighted by molar-refractivity contribution is 9.10. The molecule has 0 saturated carbocycles. The molecule has 1 aromatic heterocycles. The fraction of sp³-hybridized carbons (Fsp3) is 0.217. The van der Waals surface area contributed by atoms with Gasteiger partial charge in [-0.25, -0.2) is 5.43 Å². The monoisotopic (exact) mass is 469 g/mol. The van der Waals surface area contributed by atoms with Crippen LogP contribution in [0, 0.1) is 20.8 Å². The number of nitrogens with one attached hydrogen (secondary N) is 1. The van der Waals surface area contributed by atoms with E-state index in [-0.39, 0.29) is 5.91 Å². The van der Waals surface area contributed by atoms with Crippen LogP contribution in [0.2, 0.25) is 0 Å². The van der Waals surface area contributed by atoms with E-state index < -0.39 is 0 Å². The second-order valence-electron chi connectivity index (χ2n) is 6.86. The molecule has 0 aliphatic rings. The molecule has 0 saturated heterocycles. The number of thioether (sulfide) groups is 1. The summed E-state index contributed by atoms with van der Waals surface area (Å²) in [5.74, 6) is 1.05. The highest BCUT2D eigenvalue weighted by Crippen LogP contribution is 2.22. The van der Waals surface area contributed by atoms with Crippen molar-refractivity contribution in [2.24, 2.45) is 5.10 Å². The fourth-order valence-corrected chi connectivity index (χ4v) is 4.41. The van der Waals surface area contributed by atoms with E-state index in [4.69, 9.17) is 0 Å². The van der Waals surface area contributed by atoms with E-state index in [0.29, 0.717) is 5.75 Å². The van der Waals surface area contributed by atoms with Crippen molar-refractivity contribution in [3.63, 3.8) is 0 Å². The predicted molar refractivity (Wildman–Crippen MR) is 126 cm³/mol. The Balaban J connectivity index is 1.57. The summed E-state index contributed by atoms with van der Waals surface area (Å²) in [6.07, 6.45) is 1.72. The summed E-state index contributed by atoms with van der Waals surface area (Å²) in [6.45, 7) is 6.25. The number of amides is 1. The molecular weight excluding hydrogens is 446 g/mol. The minimum atomic E-state index is -0.103. The first-order chi connectivity index (χ1) is 14.0. The molecule has 0 radical (unpaired) electrons. The van der Waals surface area contributed by atoms with E-state index in [2.05, 4.69) is 82.1 Å². The van der Waals surface area contributed by atoms with Gasteiger partial charge in [0.25, 0.3) is 0 Å². The minimum Gasteiger partial charge on any atom is -0.318 e. The minimum absolute atomic E-state index is 0.103. The standard InChI is InChI=1S/C23H24BrN3OS/c1-16-7-4-5-10-22(16)27-17(2)11-20(18(27)3)13-25-26-23(28)15-29-14-19-8-6-9-21(24)12-19/h4-13H,14-15H2,1-3H3,(H,26,28)/b25-13-. The molecule has 150 valence electrons. The summed E-state index contributed by atoms with van der Waals surface area (Å²) in [4.78, 5) is 12.1. The molecule has 1 amide bonds. The molecule has 3 rings (SSSR count). The van der Waals surface area contributed by atoms with Crippen molar-refractivity contribution in [1.29, 1.82) is 0 Å². The van der Waals surface area contributed by atoms with Gasteiger partial charge in [-0.2, -0.15) is 5.10 Å². The Morgan fingerprint density at radius 2 is 1.93 bits per heavy atom. The van der Waals surface area contributed by atoms with E-state index in [1.807, 2.05) is 24.3 Å². The maximum atomic E-state index is 12.1. The number of hydrogen-bond donors (Lipinski definition) is 1. The number of benzene rings is 2. The number of hydrogen-bond acceptors (Lipinski definition) is 3. The van der Waals surface area contributed by atoms with Gasteiger partial charge in [-0.15, -0.1) is 11.8 Å². The molecule has 0 bridgehead atoms. The molecule has 1 N–H and O–H groups in total. The summed E-state index contributed by atoms with van der Waals surface area (Å²) in [5, 5.41) is 4.15. The molecular formula is C23H24BrN3OS. The fourth-order valence-electron chi connectivity index (χ4n) is 3.20. The highest BCUT2D eigenvalue weighted by atomic mass is 79.9. The van der Waals surface area contributed by atoms with Gasteiger partial charge in [0, 0.05) is 32.9 Å². The zero-order valence-corrected chi connectivity index (χ0v) is 19.2. The van der Waals surface area contributed by atoms with Crippen molar-refractivity contribution >= 4 is 39.8 Å². The van der Waals surface area contributed by atoms with Gasteiger partial charge in [0.15, 0.2) is 0 Å². The van der Waals surface area contributed by atoms with Gasteiger partial charge in [0.2, 0.25) is 5.91 Å². The molecule has 1 heterocycles. The molecule has 0 unspecified atom stereocenters. The first-order valence-electron chi connectivity index (χ1n) is 9.34. The molecule has 4 nitrogen and oxygen atoms in total. The topological polar surface area (TPSA) is 46.4 Å². The third-order valence-electron chi connectivity index (χ3n) is 4.61. The van der Waals surface area contributed by atoms with Crippen LogP contribution in [0.15, 0.2) is 64.2 Å². The lowest BCUT2D eigenvalue weighted by atomic mass is 10.2. The van der Waals surface area contributed by atoms with Crippen LogP contribution in [-0.2, 0) is 10.5 Å². The number of nitrogens with zero attached hydrogens (tertiary/aromatic N) is 2. The lowest BCUT2D eigenvalue weighted by Crippen LogP contribution is -2.19. The van der Waals surface area contributed by atoms with Crippen molar-refractivity contribution in [2.45, 2.75) is 26.5 Å². The third kappa shape index (κ3) is 5.61. The summed E-state index contributed by atoms with van der Waals surface area (Å²) in [5.41, 5.74) is 9.41. The lowest BCUT2D eigenvalue weighted by Gasteiger charge is -2.12. The van der Waals surface area contributed by atoms with Gasteiger partial charge in [-0.05, 0) is 56.2 Å². The molecule has 0 atom stereocenters. The van der Waals surface area contributed by atoms with Crippen molar-refractivity contribution < 1.29 is 4.79 Å². The van der Waals surface area contributed by atoms with Crippen LogP contribution in [0.3, 0.4) is 0 Å². The Kier molecular flexibility index (Phi) is 7.34. The number of aromatic nitrogens is 1. The Morgan fingerprint density at radius 1 is 1.14 bits per heavy atom. The van der Waals surface area contributed by atoms with Crippen LogP contribution in [0.4, 0.5) is 0 Å². The van der Waals surface area contributed by atoms with Gasteiger partial charge < -0.3 is 4.57 Å². The van der Waals surface area contributed by atoms with Crippen molar-refractivity contribution in [1.82, 2.24) is 9.99 Å². The van der Waals surface area contributed by atoms with Gasteiger partial charge in [-0.1, -0.05) is 46.3 Å². The molecule has 6 heteroatoms. The maximum absolute atomic E-state index is 12.1. The number of hydrazone groups is 1. The second-order valence-corrected chi connectivity index (χ2v) is 8.77. The molecule has 0 aliphatic carbocycles. The largest absolute Gasteiger partial charge is 0.318 e. The van der Waals surface area contributed by atoms with Gasteiger partial charge in [0.05, 0.1) is 12.0 Å². The normalized spacial score (nSPS) is 11.2. The van der Waals surface area contributed by atoms with Gasteiger partial charge in [-0.3, -0.25) is 4.79 Å². The van der Waals surface area contributed by atoms with E-state index in [1.165, 1.54) is 11.1 Å². The molecule has 0 spiro atoms. The van der Waals surface area contributed by atoms with Crippen LogP contribution in [-0.4, -0.2) is 22.4 Å². The molecule has 29 heavy (non-hydrogen) atoms. The van der Waals surface area contributed by atoms with Gasteiger partial charge >= 0.3 is 0 Å². The number of carbonyl (C=O) groups is 1. The SMILES string of the molecule is Cc1ccccc1-n1c(C)cc(/C=N\NC(=O)CSCc2cccc(Br)c2)c1C. The van der Waals surface area contributed by atoms with Crippen LogP contribution in [0.1, 0.15) is 28.1 Å². The van der Waals surface area contributed by atoms with Gasteiger partial charge in [0.1, 0.15) is 0 Å². The van der Waals surface area contributed by atoms with E-state index in [9.17, 15) is 4.79 Å². The summed E-state index contributed by atoms with van der Waals surface area (Å²) >= 11 is 5.03. The molecule has 0 fully saturated rings. The predicted octanol–water partition coefficient (Wildman–Crippen LogP) is 5.55. The molecule has 0 aliphatic heterocycles. The lowest BCUT2D eigenvalue weighted by molar-refractivity contribution is -0.118. The average Bonchev–Trinajstić information content (AvgIpc) is 2.96. The maximum Gasteiger partial charge on any atom is 0.250 e. The third-order valence-corrected chi connectivity index (χ3v) is 6.11. The molecule has 3 aromatic rings. The van der Waals surface area contributed by atoms with Crippen LogP contribution < -0.4 is 5.43 Å². The summed E-state index contributed by atoms with van der Waals surface area (Å²) in [6, 6.07) is 18.5. The quantitative estimate of drug-likeness (QED) is 0.364. The zero-order chi connectivity index (χ0) is 20.8. The van der Waals surface area contributed by atoms with E-state index >= 15 is 0 Å². The van der Waals surface area contributed by atoms with Crippen molar-refractivity contribution in [2.75, 3.05) is 5.75 Å². The van der Waals surface area contributed by atoms with Crippen LogP contribution >= 0.6 is 27.7 Å². The zero-order valence-electron chi connectivity index (χ0n) is 16.8. The number of halogens is 1. The number of aryl methyl sites for hydroxylation is 2. The van der Waals surface area contributed by atoms with Crippen LogP contribution in [0.5, 0.6) is 0 Å². The highest BCUT2D eigenvalue weighted by Gasteiger charge is 2.11. The Labute approximate surface area is 184 Å². The second kappa shape index (κ2) is 9.94. The smallest absolute Gasteiger partial charge is 0.250 e. The van der Waals surface area contributed by atoms with Crippen molar-refractivity contribution in [3.05, 3.63) is 87.1 Å². The number of rotatable bonds is 7. The number of carbonyl (C=O) groups excluding carboxylic acids is 1. The Bertz CT molecular complexity index is 1040. The van der Waals surface area contributed by atoms with Crippen molar-refractivity contribution in [3.8, 4) is 5.69 Å². The first kappa shape index (κ1) is 21.4. The Hall–Kier alpha value is -2.31. The summed E-state index contributed by atoms with van der Waals surface area (Å²) < 4.78 is 3.26. The first-order valence-corrected chi connectivity index (χ1v) is 11.3. The average molecular weight is 470 g/mol. The van der Waals surface area contributed by atoms with Crippen LogP contribution in [0.25, 0.3) is 5.69 Å². The summed E-state index contributed by atoms with van der Waals surface area (Å²) in [7, 11) is 0. The van der Waals surface area contributed by atoms with E-state index in [1.54, 1.807) is 18.0 Å². The Morgan fingerprint density at radius 3 is 2.69 bits per heavy atom. The van der Waals surface area contributed by atoms with E-state index in [0.717, 1.165) is 32.9 Å². The number of para-hydroxylation sites is 1.